The number of nitrogens with zero attached hydrogens (tertiary/aromatic N) is 3. The summed E-state index contributed by atoms with van der Waals surface area (Å²) in [6, 6.07) is 8.75. The van der Waals surface area contributed by atoms with Gasteiger partial charge in [0.2, 0.25) is 11.8 Å². The summed E-state index contributed by atoms with van der Waals surface area (Å²) in [5, 5.41) is 0.695. The van der Waals surface area contributed by atoms with Crippen LogP contribution in [0.1, 0.15) is 5.56 Å². The van der Waals surface area contributed by atoms with Gasteiger partial charge in [0.05, 0.1) is 22.2 Å². The second-order valence-corrected chi connectivity index (χ2v) is 7.33. The van der Waals surface area contributed by atoms with E-state index in [-0.39, 0.29) is 6.61 Å². The van der Waals surface area contributed by atoms with Crippen molar-refractivity contribution in [1.82, 2.24) is 15.0 Å². The van der Waals surface area contributed by atoms with Crippen LogP contribution in [0, 0.1) is 4.78 Å². The molecule has 7 nitrogen and oxygen atoms in total. The van der Waals surface area contributed by atoms with Crippen LogP contribution in [0.3, 0.4) is 0 Å². The van der Waals surface area contributed by atoms with Crippen LogP contribution >= 0.6 is 0 Å². The largest absolute Gasteiger partial charge is 0.479 e. The Balaban J connectivity index is 1.89. The molecule has 0 bridgehead atoms. The van der Waals surface area contributed by atoms with Gasteiger partial charge in [-0.25, -0.2) is 23.9 Å². The van der Waals surface area contributed by atoms with E-state index < -0.39 is 9.73 Å². The van der Waals surface area contributed by atoms with E-state index in [1.54, 1.807) is 30.5 Å². The minimum atomic E-state index is -2.76. The first-order valence-corrected chi connectivity index (χ1v) is 9.05. The van der Waals surface area contributed by atoms with Gasteiger partial charge < -0.3 is 9.47 Å². The lowest BCUT2D eigenvalue weighted by Crippen LogP contribution is -2.02. The molecule has 1 unspecified atom stereocenters. The van der Waals surface area contributed by atoms with Crippen molar-refractivity contribution >= 4 is 20.6 Å². The molecule has 3 rings (SSSR count). The highest BCUT2D eigenvalue weighted by atomic mass is 32.2. The monoisotopic (exact) mass is 344 g/mol. The van der Waals surface area contributed by atoms with Crippen molar-refractivity contribution in [3.05, 3.63) is 48.4 Å². The van der Waals surface area contributed by atoms with E-state index in [1.807, 2.05) is 6.07 Å². The number of fused-ring (bicyclic) bond motifs is 1. The van der Waals surface area contributed by atoms with Crippen LogP contribution in [-0.4, -0.2) is 32.5 Å². The Labute approximate surface area is 139 Å². The van der Waals surface area contributed by atoms with Gasteiger partial charge in [0.25, 0.3) is 0 Å². The molecule has 1 N–H and O–H groups in total. The Hall–Kier alpha value is -2.74. The fraction of sp³-hybridized carbons (Fsp3) is 0.188. The summed E-state index contributed by atoms with van der Waals surface area (Å²) in [7, 11) is -1.23. The minimum Gasteiger partial charge on any atom is -0.479 e. The average molecular weight is 344 g/mol. The van der Waals surface area contributed by atoms with E-state index in [4.69, 9.17) is 14.3 Å². The zero-order chi connectivity index (χ0) is 17.2. The summed E-state index contributed by atoms with van der Waals surface area (Å²) in [6.07, 6.45) is 4.38. The number of nitrogens with one attached hydrogen (secondary N) is 1. The Kier molecular flexibility index (Phi) is 4.30. The number of aromatic nitrogens is 3. The average Bonchev–Trinajstić information content (AvgIpc) is 2.59. The highest BCUT2D eigenvalue weighted by Crippen LogP contribution is 2.27. The summed E-state index contributed by atoms with van der Waals surface area (Å²) < 4.78 is 30.5. The molecule has 8 heteroatoms. The second kappa shape index (κ2) is 6.40. The van der Waals surface area contributed by atoms with E-state index >= 15 is 0 Å². The Morgan fingerprint density at radius 2 is 2.00 bits per heavy atom. The van der Waals surface area contributed by atoms with Crippen LogP contribution in [0.5, 0.6) is 11.8 Å². The number of rotatable bonds is 5. The zero-order valence-corrected chi connectivity index (χ0v) is 14.0. The van der Waals surface area contributed by atoms with Gasteiger partial charge in [-0.05, 0) is 23.8 Å². The standard InChI is InChI=1S/C16H16N4O3S/c1-22-16-14-13(6-7-18-16)15(20-10-19-14)23-9-11-4-3-5-12(8-11)24(2,17)21/h3-8,10,17H,9H2,1-2H3. The third-order valence-electron chi connectivity index (χ3n) is 3.40. The van der Waals surface area contributed by atoms with Gasteiger partial charge >= 0.3 is 0 Å². The fourth-order valence-electron chi connectivity index (χ4n) is 2.23. The van der Waals surface area contributed by atoms with Crippen molar-refractivity contribution in [2.45, 2.75) is 11.5 Å². The smallest absolute Gasteiger partial charge is 0.240 e. The number of hydrogen-bond acceptors (Lipinski definition) is 7. The van der Waals surface area contributed by atoms with E-state index in [0.717, 1.165) is 5.56 Å². The topological polar surface area (TPSA) is 98.1 Å². The molecule has 2 aromatic heterocycles. The Morgan fingerprint density at radius 3 is 2.75 bits per heavy atom. The number of methoxy groups -OCH3 is 1. The molecule has 124 valence electrons. The lowest BCUT2D eigenvalue weighted by Gasteiger charge is -2.10. The van der Waals surface area contributed by atoms with E-state index in [1.165, 1.54) is 19.7 Å². The predicted octanol–water partition coefficient (Wildman–Crippen LogP) is 2.65. The zero-order valence-electron chi connectivity index (χ0n) is 13.2. The maximum atomic E-state index is 11.8. The quantitative estimate of drug-likeness (QED) is 0.764. The molecule has 24 heavy (non-hydrogen) atoms. The van der Waals surface area contributed by atoms with Crippen LogP contribution in [0.15, 0.2) is 47.8 Å². The maximum Gasteiger partial charge on any atom is 0.240 e. The van der Waals surface area contributed by atoms with Gasteiger partial charge in [-0.2, -0.15) is 0 Å². The first-order valence-electron chi connectivity index (χ1n) is 7.08. The van der Waals surface area contributed by atoms with Gasteiger partial charge in [0.1, 0.15) is 18.5 Å². The van der Waals surface area contributed by atoms with Gasteiger partial charge in [-0.3, -0.25) is 0 Å². The normalized spacial score (nSPS) is 13.4. The summed E-state index contributed by atoms with van der Waals surface area (Å²) in [4.78, 5) is 12.9. The number of benzene rings is 1. The fourth-order valence-corrected chi connectivity index (χ4v) is 2.95. The molecule has 0 radical (unpaired) electrons. The van der Waals surface area contributed by atoms with Crippen molar-refractivity contribution in [2.75, 3.05) is 13.4 Å². The van der Waals surface area contributed by atoms with Gasteiger partial charge in [0, 0.05) is 17.3 Å². The maximum absolute atomic E-state index is 11.8. The molecule has 0 fully saturated rings. The minimum absolute atomic E-state index is 0.236. The molecule has 0 amide bonds. The first-order chi connectivity index (χ1) is 11.5. The van der Waals surface area contributed by atoms with Crippen molar-refractivity contribution in [1.29, 1.82) is 4.78 Å². The number of pyridine rings is 1. The third kappa shape index (κ3) is 3.28. The van der Waals surface area contributed by atoms with Crippen molar-refractivity contribution in [2.24, 2.45) is 0 Å². The molecule has 0 aliphatic carbocycles. The summed E-state index contributed by atoms with van der Waals surface area (Å²) in [5.41, 5.74) is 1.38. The molecule has 0 saturated carbocycles. The molecule has 2 heterocycles. The van der Waals surface area contributed by atoms with Crippen LogP contribution in [0.2, 0.25) is 0 Å². The Morgan fingerprint density at radius 1 is 1.17 bits per heavy atom. The Bertz CT molecular complexity index is 990. The highest BCUT2D eigenvalue weighted by molar-refractivity contribution is 7.91. The molecular formula is C16H16N4O3S. The lowest BCUT2D eigenvalue weighted by atomic mass is 10.2. The predicted molar refractivity (Wildman–Crippen MR) is 89.7 cm³/mol. The van der Waals surface area contributed by atoms with Crippen LogP contribution in [0.4, 0.5) is 0 Å². The number of ether oxygens (including phenoxy) is 2. The lowest BCUT2D eigenvalue weighted by molar-refractivity contribution is 0.297. The van der Waals surface area contributed by atoms with Crippen molar-refractivity contribution in [3.8, 4) is 11.8 Å². The highest BCUT2D eigenvalue weighted by Gasteiger charge is 2.11. The molecule has 0 aliphatic rings. The molecule has 0 spiro atoms. The van der Waals surface area contributed by atoms with E-state index in [0.29, 0.717) is 27.6 Å². The second-order valence-electron chi connectivity index (χ2n) is 5.17. The summed E-state index contributed by atoms with van der Waals surface area (Å²) in [5.74, 6) is 0.816. The van der Waals surface area contributed by atoms with Crippen LogP contribution < -0.4 is 9.47 Å². The SMILES string of the molecule is COc1nccc2c(OCc3cccc(S(C)(=N)=O)c3)ncnc12. The molecule has 0 saturated heterocycles. The van der Waals surface area contributed by atoms with Crippen LogP contribution in [0.25, 0.3) is 10.9 Å². The van der Waals surface area contributed by atoms with Crippen molar-refractivity contribution in [3.63, 3.8) is 0 Å². The van der Waals surface area contributed by atoms with Gasteiger partial charge in [-0.1, -0.05) is 12.1 Å². The van der Waals surface area contributed by atoms with Gasteiger partial charge in [-0.15, -0.1) is 0 Å². The van der Waals surface area contributed by atoms with Crippen molar-refractivity contribution < 1.29 is 13.7 Å². The third-order valence-corrected chi connectivity index (χ3v) is 4.55. The van der Waals surface area contributed by atoms with Gasteiger partial charge in [0.15, 0.2) is 0 Å². The summed E-state index contributed by atoms with van der Waals surface area (Å²) in [6.45, 7) is 0.236. The number of hydrogen-bond donors (Lipinski definition) is 1. The van der Waals surface area contributed by atoms with Crippen LogP contribution in [-0.2, 0) is 16.3 Å². The molecule has 3 aromatic rings. The molecule has 1 aromatic carbocycles. The van der Waals surface area contributed by atoms with E-state index in [2.05, 4.69) is 15.0 Å². The molecule has 1 atom stereocenters. The summed E-state index contributed by atoms with van der Waals surface area (Å²) >= 11 is 0. The van der Waals surface area contributed by atoms with E-state index in [9.17, 15) is 4.21 Å². The first kappa shape index (κ1) is 16.1. The molecular weight excluding hydrogens is 328 g/mol. The molecule has 0 aliphatic heterocycles.